The van der Waals surface area contributed by atoms with Gasteiger partial charge in [-0.05, 0) is 69.0 Å². The van der Waals surface area contributed by atoms with Crippen molar-refractivity contribution in [1.82, 2.24) is 24.3 Å². The monoisotopic (exact) mass is 515 g/mol. The molecule has 2 aliphatic rings. The number of aromatic nitrogens is 3. The van der Waals surface area contributed by atoms with Crippen molar-refractivity contribution in [2.24, 2.45) is 7.05 Å². The van der Waals surface area contributed by atoms with Crippen molar-refractivity contribution in [3.05, 3.63) is 82.7 Å². The second-order valence-corrected chi connectivity index (χ2v) is 11.5. The fraction of sp³-hybridized carbons (Fsp3) is 0.433. The third kappa shape index (κ3) is 4.86. The molecule has 0 bridgehead atoms. The number of carbonyl (C=O) groups excluding carboxylic acids is 1. The second kappa shape index (κ2) is 9.67. The van der Waals surface area contributed by atoms with Gasteiger partial charge in [0.25, 0.3) is 0 Å². The Labute approximate surface area is 224 Å². The van der Waals surface area contributed by atoms with Gasteiger partial charge in [0.1, 0.15) is 11.2 Å². The van der Waals surface area contributed by atoms with Crippen LogP contribution < -0.4 is 0 Å². The van der Waals surface area contributed by atoms with Gasteiger partial charge in [-0.25, -0.2) is 9.78 Å². The van der Waals surface area contributed by atoms with E-state index in [0.717, 1.165) is 33.5 Å². The molecule has 1 aliphatic carbocycles. The average molecular weight is 516 g/mol. The summed E-state index contributed by atoms with van der Waals surface area (Å²) in [4.78, 5) is 26.0. The van der Waals surface area contributed by atoms with E-state index in [9.17, 15) is 9.90 Å². The Morgan fingerprint density at radius 1 is 1.11 bits per heavy atom. The largest absolute Gasteiger partial charge is 0.444 e. The first-order valence-electron chi connectivity index (χ1n) is 13.1. The summed E-state index contributed by atoms with van der Waals surface area (Å²) in [6.45, 7) is 12.1. The molecule has 2 aromatic heterocycles. The van der Waals surface area contributed by atoms with Crippen LogP contribution in [0.1, 0.15) is 67.4 Å². The molecule has 1 saturated heterocycles. The molecule has 8 heteroatoms. The van der Waals surface area contributed by atoms with Crippen molar-refractivity contribution in [3.8, 4) is 0 Å². The van der Waals surface area contributed by atoms with Gasteiger partial charge in [-0.1, -0.05) is 29.8 Å². The van der Waals surface area contributed by atoms with Crippen LogP contribution in [0.5, 0.6) is 0 Å². The van der Waals surface area contributed by atoms with Crippen LogP contribution in [0, 0.1) is 6.92 Å². The summed E-state index contributed by atoms with van der Waals surface area (Å²) in [7, 11) is 1.90. The van der Waals surface area contributed by atoms with Crippen LogP contribution in [0.4, 0.5) is 4.79 Å². The first-order chi connectivity index (χ1) is 18.0. The summed E-state index contributed by atoms with van der Waals surface area (Å²) in [5.41, 5.74) is 4.82. The number of hydrogen-bond donors (Lipinski definition) is 1. The molecule has 3 heterocycles. The van der Waals surface area contributed by atoms with Crippen molar-refractivity contribution in [2.75, 3.05) is 26.2 Å². The number of hydrogen-bond acceptors (Lipinski definition) is 6. The third-order valence-corrected chi connectivity index (χ3v) is 7.39. The van der Waals surface area contributed by atoms with Gasteiger partial charge in [0.2, 0.25) is 0 Å². The fourth-order valence-corrected chi connectivity index (χ4v) is 5.53. The molecule has 2 atom stereocenters. The molecular weight excluding hydrogens is 478 g/mol. The van der Waals surface area contributed by atoms with Crippen molar-refractivity contribution in [1.29, 1.82) is 0 Å². The first-order valence-corrected chi connectivity index (χ1v) is 13.1. The zero-order chi connectivity index (χ0) is 27.2. The van der Waals surface area contributed by atoms with Crippen LogP contribution in [-0.2, 0) is 17.4 Å². The molecular formula is C30H37N5O3. The smallest absolute Gasteiger partial charge is 0.410 e. The summed E-state index contributed by atoms with van der Waals surface area (Å²) in [6, 6.07) is 10.3. The van der Waals surface area contributed by atoms with Gasteiger partial charge < -0.3 is 19.3 Å². The maximum absolute atomic E-state index is 12.7. The van der Waals surface area contributed by atoms with E-state index >= 15 is 0 Å². The van der Waals surface area contributed by atoms with Crippen molar-refractivity contribution in [2.45, 2.75) is 51.9 Å². The number of piperazine rings is 1. The molecule has 38 heavy (non-hydrogen) atoms. The fourth-order valence-electron chi connectivity index (χ4n) is 5.53. The molecule has 0 radical (unpaired) electrons. The molecule has 1 fully saturated rings. The number of nitrogens with zero attached hydrogens (tertiary/aromatic N) is 5. The molecule has 1 aromatic carbocycles. The predicted octanol–water partition coefficient (Wildman–Crippen LogP) is 4.53. The van der Waals surface area contributed by atoms with E-state index in [0.29, 0.717) is 31.9 Å². The first kappa shape index (κ1) is 26.1. The van der Waals surface area contributed by atoms with Crippen molar-refractivity contribution >= 4 is 17.7 Å². The number of amides is 1. The highest BCUT2D eigenvalue weighted by Crippen LogP contribution is 2.46. The number of carbonyl (C=O) groups is 1. The number of rotatable bonds is 3. The van der Waals surface area contributed by atoms with Crippen LogP contribution in [-0.4, -0.2) is 67.3 Å². The van der Waals surface area contributed by atoms with Crippen LogP contribution in [0.15, 0.2) is 49.1 Å². The van der Waals surface area contributed by atoms with Gasteiger partial charge in [0.15, 0.2) is 0 Å². The Bertz CT molecular complexity index is 1380. The van der Waals surface area contributed by atoms with E-state index in [2.05, 4.69) is 47.1 Å². The summed E-state index contributed by atoms with van der Waals surface area (Å²) in [5, 5.41) is 12.0. The maximum atomic E-state index is 12.7. The van der Waals surface area contributed by atoms with Gasteiger partial charge in [0.05, 0.1) is 30.0 Å². The van der Waals surface area contributed by atoms with E-state index in [1.165, 1.54) is 0 Å². The maximum Gasteiger partial charge on any atom is 0.410 e. The molecule has 0 spiro atoms. The molecule has 8 nitrogen and oxygen atoms in total. The summed E-state index contributed by atoms with van der Waals surface area (Å²) < 4.78 is 7.47. The molecule has 0 saturated carbocycles. The van der Waals surface area contributed by atoms with Crippen molar-refractivity contribution in [3.63, 3.8) is 0 Å². The average Bonchev–Trinajstić information content (AvgIpc) is 3.24. The number of aryl methyl sites for hydroxylation is 2. The Morgan fingerprint density at radius 2 is 1.84 bits per heavy atom. The minimum absolute atomic E-state index is 0.126. The van der Waals surface area contributed by atoms with Gasteiger partial charge in [-0.3, -0.25) is 9.88 Å². The van der Waals surface area contributed by atoms with E-state index < -0.39 is 11.2 Å². The number of benzene rings is 1. The molecule has 1 N–H and O–H groups in total. The number of fused-ring (bicyclic) bond motifs is 2. The van der Waals surface area contributed by atoms with Gasteiger partial charge >= 0.3 is 6.09 Å². The lowest BCUT2D eigenvalue weighted by atomic mass is 9.83. The molecule has 3 aromatic rings. The molecule has 1 aliphatic heterocycles. The standard InChI is InChI=1S/C30H37N5O3/c1-20-9-10-22-23(16-20)24(30(5,37)25-18-31-19-33(25)6)17-21-8-7-11-32-26(21)27(22)34-12-14-35(15-13-34)28(36)38-29(2,3)4/h7-11,16-19,27,37H,12-15H2,1-6H3/t27-,30+/m0/s1. The van der Waals surface area contributed by atoms with Crippen LogP contribution >= 0.6 is 0 Å². The van der Waals surface area contributed by atoms with E-state index in [-0.39, 0.29) is 12.1 Å². The van der Waals surface area contributed by atoms with Crippen LogP contribution in [0.3, 0.4) is 0 Å². The number of aliphatic hydroxyl groups is 1. The van der Waals surface area contributed by atoms with Gasteiger partial charge in [-0.15, -0.1) is 0 Å². The Morgan fingerprint density at radius 3 is 2.50 bits per heavy atom. The Hall–Kier alpha value is -3.49. The number of imidazole rings is 1. The Balaban J connectivity index is 1.57. The number of pyridine rings is 1. The highest BCUT2D eigenvalue weighted by Gasteiger charge is 2.39. The molecule has 0 unspecified atom stereocenters. The van der Waals surface area contributed by atoms with E-state index in [4.69, 9.17) is 9.72 Å². The lowest BCUT2D eigenvalue weighted by Gasteiger charge is -2.40. The Kier molecular flexibility index (Phi) is 6.65. The minimum atomic E-state index is -1.29. The normalized spacial score (nSPS) is 19.6. The lowest BCUT2D eigenvalue weighted by Crippen LogP contribution is -2.51. The molecule has 1 amide bonds. The topological polar surface area (TPSA) is 83.7 Å². The van der Waals surface area contributed by atoms with E-state index in [1.807, 2.05) is 51.6 Å². The lowest BCUT2D eigenvalue weighted by molar-refractivity contribution is 0.0117. The summed E-state index contributed by atoms with van der Waals surface area (Å²) >= 11 is 0. The quantitative estimate of drug-likeness (QED) is 0.552. The van der Waals surface area contributed by atoms with Crippen LogP contribution in [0.2, 0.25) is 0 Å². The second-order valence-electron chi connectivity index (χ2n) is 11.5. The SMILES string of the molecule is Cc1ccc2c(c1)C([C@@](C)(O)c1cncn1C)=Cc1cccnc1[C@H]2N1CCN(C(=O)OC(C)(C)C)CC1. The summed E-state index contributed by atoms with van der Waals surface area (Å²) in [5.74, 6) is 0. The number of ether oxygens (including phenoxy) is 1. The van der Waals surface area contributed by atoms with Gasteiger partial charge in [0, 0.05) is 39.4 Å². The van der Waals surface area contributed by atoms with Crippen LogP contribution in [0.25, 0.3) is 11.6 Å². The third-order valence-electron chi connectivity index (χ3n) is 7.39. The predicted molar refractivity (Wildman–Crippen MR) is 147 cm³/mol. The zero-order valence-electron chi connectivity index (χ0n) is 23.1. The van der Waals surface area contributed by atoms with Gasteiger partial charge in [-0.2, -0.15) is 0 Å². The van der Waals surface area contributed by atoms with Crippen molar-refractivity contribution < 1.29 is 14.6 Å². The molecule has 5 rings (SSSR count). The highest BCUT2D eigenvalue weighted by atomic mass is 16.6. The minimum Gasteiger partial charge on any atom is -0.444 e. The highest BCUT2D eigenvalue weighted by molar-refractivity contribution is 5.90. The zero-order valence-corrected chi connectivity index (χ0v) is 23.1. The van der Waals surface area contributed by atoms with E-state index in [1.54, 1.807) is 17.4 Å². The molecule has 200 valence electrons. The summed E-state index contributed by atoms with van der Waals surface area (Å²) in [6.07, 6.45) is 7.06.